The molecule has 0 atom stereocenters. The van der Waals surface area contributed by atoms with Crippen molar-refractivity contribution < 1.29 is 38.3 Å². The molecule has 0 aliphatic rings. The fourth-order valence-corrected chi connectivity index (χ4v) is 2.00. The smallest absolute Gasteiger partial charge is 0.119 e. The zero-order valence-electron chi connectivity index (χ0n) is 16.6. The third-order valence-electron chi connectivity index (χ3n) is 3.34. The van der Waals surface area contributed by atoms with Crippen molar-refractivity contribution in [2.24, 2.45) is 0 Å². The van der Waals surface area contributed by atoms with Crippen molar-refractivity contribution >= 4 is 0 Å². The molecule has 0 aromatic heterocycles. The molecule has 8 heteroatoms. The van der Waals surface area contributed by atoms with Gasteiger partial charge in [0, 0.05) is 0 Å². The van der Waals surface area contributed by atoms with Gasteiger partial charge in [-0.3, -0.25) is 0 Å². The zero-order valence-corrected chi connectivity index (χ0v) is 16.6. The lowest BCUT2D eigenvalue weighted by Gasteiger charge is -2.08. The van der Waals surface area contributed by atoms with Gasteiger partial charge in [0.05, 0.1) is 85.9 Å². The van der Waals surface area contributed by atoms with Gasteiger partial charge in [-0.15, -0.1) is 0 Å². The van der Waals surface area contributed by atoms with Crippen LogP contribution in [0.3, 0.4) is 0 Å². The van der Waals surface area contributed by atoms with Gasteiger partial charge in [0.25, 0.3) is 0 Å². The van der Waals surface area contributed by atoms with E-state index in [2.05, 4.69) is 0 Å². The predicted octanol–water partition coefficient (Wildman–Crippen LogP) is 1.16. The Morgan fingerprint density at radius 2 is 0.821 bits per heavy atom. The Balaban J connectivity index is 1.67. The number of para-hydroxylation sites is 1. The van der Waals surface area contributed by atoms with Crippen molar-refractivity contribution in [1.82, 2.24) is 0 Å². The first-order chi connectivity index (χ1) is 13.9. The van der Waals surface area contributed by atoms with E-state index in [0.717, 1.165) is 5.75 Å². The second-order valence-corrected chi connectivity index (χ2v) is 5.56. The van der Waals surface area contributed by atoms with E-state index in [1.807, 2.05) is 30.3 Å². The topological polar surface area (TPSA) is 84.8 Å². The van der Waals surface area contributed by atoms with Crippen molar-refractivity contribution in [2.75, 3.05) is 92.5 Å². The SMILES string of the molecule is OCCOCCOCCOCCOCCOCCOCCOc1ccccc1. The highest BCUT2D eigenvalue weighted by Gasteiger charge is 1.95. The molecular weight excluding hydrogens is 368 g/mol. The first kappa shape index (κ1) is 24.8. The molecule has 162 valence electrons. The number of rotatable bonds is 21. The van der Waals surface area contributed by atoms with E-state index in [1.165, 1.54) is 0 Å². The van der Waals surface area contributed by atoms with Crippen LogP contribution in [0.1, 0.15) is 0 Å². The molecule has 0 radical (unpaired) electrons. The summed E-state index contributed by atoms with van der Waals surface area (Å²) in [7, 11) is 0. The normalized spacial score (nSPS) is 11.0. The molecule has 0 aliphatic carbocycles. The third-order valence-corrected chi connectivity index (χ3v) is 3.34. The molecule has 0 heterocycles. The van der Waals surface area contributed by atoms with Gasteiger partial charge in [-0.05, 0) is 12.1 Å². The van der Waals surface area contributed by atoms with Crippen molar-refractivity contribution in [1.29, 1.82) is 0 Å². The van der Waals surface area contributed by atoms with Gasteiger partial charge in [0.1, 0.15) is 12.4 Å². The van der Waals surface area contributed by atoms with E-state index in [1.54, 1.807) is 0 Å². The summed E-state index contributed by atoms with van der Waals surface area (Å²) in [5.41, 5.74) is 0. The van der Waals surface area contributed by atoms with Gasteiger partial charge >= 0.3 is 0 Å². The minimum Gasteiger partial charge on any atom is -0.491 e. The molecule has 1 N–H and O–H groups in total. The molecule has 1 rings (SSSR count). The van der Waals surface area contributed by atoms with Gasteiger partial charge < -0.3 is 38.3 Å². The van der Waals surface area contributed by atoms with Crippen molar-refractivity contribution in [3.63, 3.8) is 0 Å². The number of hydrogen-bond donors (Lipinski definition) is 1. The van der Waals surface area contributed by atoms with Crippen LogP contribution in [-0.4, -0.2) is 97.6 Å². The predicted molar refractivity (Wildman–Crippen MR) is 104 cm³/mol. The Morgan fingerprint density at radius 3 is 1.21 bits per heavy atom. The van der Waals surface area contributed by atoms with Crippen LogP contribution in [0.5, 0.6) is 5.75 Å². The van der Waals surface area contributed by atoms with Crippen LogP contribution >= 0.6 is 0 Å². The number of benzene rings is 1. The second kappa shape index (κ2) is 20.5. The van der Waals surface area contributed by atoms with E-state index >= 15 is 0 Å². The van der Waals surface area contributed by atoms with Crippen molar-refractivity contribution in [2.45, 2.75) is 0 Å². The molecule has 0 fully saturated rings. The lowest BCUT2D eigenvalue weighted by molar-refractivity contribution is -0.0191. The Hall–Kier alpha value is -1.26. The summed E-state index contributed by atoms with van der Waals surface area (Å²) in [5, 5.41) is 8.53. The average molecular weight is 402 g/mol. The summed E-state index contributed by atoms with van der Waals surface area (Å²) in [6.45, 7) is 6.62. The lowest BCUT2D eigenvalue weighted by Crippen LogP contribution is -2.15. The highest BCUT2D eigenvalue weighted by atomic mass is 16.6. The van der Waals surface area contributed by atoms with E-state index in [-0.39, 0.29) is 6.61 Å². The summed E-state index contributed by atoms with van der Waals surface area (Å²) in [4.78, 5) is 0. The monoisotopic (exact) mass is 402 g/mol. The average Bonchev–Trinajstić information content (AvgIpc) is 2.73. The Kier molecular flexibility index (Phi) is 18.1. The van der Waals surface area contributed by atoms with Gasteiger partial charge in [-0.2, -0.15) is 0 Å². The van der Waals surface area contributed by atoms with Crippen LogP contribution < -0.4 is 4.74 Å². The quantitative estimate of drug-likeness (QED) is 0.307. The lowest BCUT2D eigenvalue weighted by atomic mass is 10.3. The Morgan fingerprint density at radius 1 is 0.464 bits per heavy atom. The maximum Gasteiger partial charge on any atom is 0.119 e. The Labute approximate surface area is 167 Å². The van der Waals surface area contributed by atoms with Gasteiger partial charge in [-0.25, -0.2) is 0 Å². The molecule has 0 saturated carbocycles. The maximum atomic E-state index is 8.53. The van der Waals surface area contributed by atoms with Crippen LogP contribution in [-0.2, 0) is 28.4 Å². The first-order valence-corrected chi connectivity index (χ1v) is 9.68. The highest BCUT2D eigenvalue weighted by molar-refractivity contribution is 5.20. The molecule has 8 nitrogen and oxygen atoms in total. The highest BCUT2D eigenvalue weighted by Crippen LogP contribution is 2.07. The maximum absolute atomic E-state index is 8.53. The van der Waals surface area contributed by atoms with Crippen LogP contribution in [0, 0.1) is 0 Å². The second-order valence-electron chi connectivity index (χ2n) is 5.56. The molecule has 0 amide bonds. The summed E-state index contributed by atoms with van der Waals surface area (Å²) in [6.07, 6.45) is 0. The van der Waals surface area contributed by atoms with E-state index in [4.69, 9.17) is 38.3 Å². The summed E-state index contributed by atoms with van der Waals surface area (Å²) < 4.78 is 37.5. The Bertz CT molecular complexity index is 418. The van der Waals surface area contributed by atoms with Crippen molar-refractivity contribution in [3.8, 4) is 5.75 Å². The minimum absolute atomic E-state index is 0.0343. The first-order valence-electron chi connectivity index (χ1n) is 9.68. The largest absolute Gasteiger partial charge is 0.491 e. The summed E-state index contributed by atoms with van der Waals surface area (Å²) in [5.74, 6) is 0.847. The van der Waals surface area contributed by atoms with Gasteiger partial charge in [-0.1, -0.05) is 18.2 Å². The standard InChI is InChI=1S/C20H34O8/c21-6-7-22-8-9-23-10-11-24-12-13-25-14-15-26-16-17-27-18-19-28-20-4-2-1-3-5-20/h1-5,21H,6-19H2. The summed E-state index contributed by atoms with van der Waals surface area (Å²) >= 11 is 0. The van der Waals surface area contributed by atoms with E-state index < -0.39 is 0 Å². The number of aliphatic hydroxyl groups excluding tert-OH is 1. The molecule has 28 heavy (non-hydrogen) atoms. The molecule has 0 bridgehead atoms. The zero-order chi connectivity index (χ0) is 20.0. The van der Waals surface area contributed by atoms with Gasteiger partial charge in [0.15, 0.2) is 0 Å². The van der Waals surface area contributed by atoms with Crippen LogP contribution in [0.4, 0.5) is 0 Å². The molecule has 0 saturated heterocycles. The molecule has 0 unspecified atom stereocenters. The third kappa shape index (κ3) is 16.9. The van der Waals surface area contributed by atoms with Crippen molar-refractivity contribution in [3.05, 3.63) is 30.3 Å². The minimum atomic E-state index is 0.0343. The number of aliphatic hydroxyl groups is 1. The number of hydrogen-bond acceptors (Lipinski definition) is 8. The molecule has 0 spiro atoms. The van der Waals surface area contributed by atoms with Crippen LogP contribution in [0.2, 0.25) is 0 Å². The van der Waals surface area contributed by atoms with Crippen LogP contribution in [0.25, 0.3) is 0 Å². The van der Waals surface area contributed by atoms with E-state index in [0.29, 0.717) is 85.9 Å². The summed E-state index contributed by atoms with van der Waals surface area (Å²) in [6, 6.07) is 9.66. The van der Waals surface area contributed by atoms with Crippen LogP contribution in [0.15, 0.2) is 30.3 Å². The fourth-order valence-electron chi connectivity index (χ4n) is 2.00. The van der Waals surface area contributed by atoms with Gasteiger partial charge in [0.2, 0.25) is 0 Å². The molecule has 0 aliphatic heterocycles. The molecule has 1 aromatic carbocycles. The fraction of sp³-hybridized carbons (Fsp3) is 0.700. The number of ether oxygens (including phenoxy) is 7. The van der Waals surface area contributed by atoms with E-state index in [9.17, 15) is 0 Å². The molecule has 1 aromatic rings. The molecular formula is C20H34O8.